The van der Waals surface area contributed by atoms with E-state index in [0.29, 0.717) is 23.4 Å². The summed E-state index contributed by atoms with van der Waals surface area (Å²) in [6.07, 6.45) is 0.638. The molecule has 35 heavy (non-hydrogen) atoms. The van der Waals surface area contributed by atoms with Crippen molar-refractivity contribution in [1.82, 2.24) is 5.32 Å². The number of benzene rings is 3. The number of phenolic OH excluding ortho intramolecular Hbond substituents is 1. The maximum absolute atomic E-state index is 13.9. The Bertz CT molecular complexity index is 1350. The van der Waals surface area contributed by atoms with E-state index >= 15 is 0 Å². The summed E-state index contributed by atoms with van der Waals surface area (Å²) in [5.74, 6) is -4.06. The molecule has 2 saturated heterocycles. The highest BCUT2D eigenvalue weighted by molar-refractivity contribution is 6.26. The first kappa shape index (κ1) is 22.9. The molecule has 8 heteroatoms. The number of hydrogen-bond acceptors (Lipinski definition) is 6. The minimum Gasteiger partial charge on any atom is -0.507 e. The zero-order chi connectivity index (χ0) is 24.9. The van der Waals surface area contributed by atoms with Gasteiger partial charge in [0.15, 0.2) is 0 Å². The summed E-state index contributed by atoms with van der Waals surface area (Å²) in [4.78, 5) is 41.7. The Kier molecular flexibility index (Phi) is 5.48. The lowest BCUT2D eigenvalue weighted by atomic mass is 9.77. The predicted octanol–water partition coefficient (Wildman–Crippen LogP) is 3.63. The van der Waals surface area contributed by atoms with E-state index in [-0.39, 0.29) is 12.2 Å². The lowest BCUT2D eigenvalue weighted by molar-refractivity contribution is -0.149. The molecule has 0 bridgehead atoms. The smallest absolute Gasteiger partial charge is 0.324 e. The first-order valence-electron chi connectivity index (χ1n) is 11.6. The summed E-state index contributed by atoms with van der Waals surface area (Å²) in [7, 11) is 1.47. The van der Waals surface area contributed by atoms with Crippen molar-refractivity contribution in [3.8, 4) is 11.5 Å². The van der Waals surface area contributed by atoms with Gasteiger partial charge in [0.1, 0.15) is 17.0 Å². The fraction of sp³-hybridized carbons (Fsp3) is 0.296. The van der Waals surface area contributed by atoms with Crippen molar-refractivity contribution in [2.24, 2.45) is 11.8 Å². The number of carboxylic acids is 1. The summed E-state index contributed by atoms with van der Waals surface area (Å²) < 4.78 is 5.17. The van der Waals surface area contributed by atoms with Crippen molar-refractivity contribution in [2.75, 3.05) is 12.0 Å². The number of ether oxygens (including phenoxy) is 1. The molecule has 4 atom stereocenters. The zero-order valence-electron chi connectivity index (χ0n) is 19.4. The second-order valence-corrected chi connectivity index (χ2v) is 9.09. The number of fused-ring (bicyclic) bond motifs is 2. The number of nitrogens with zero attached hydrogens (tertiary/aromatic N) is 1. The Labute approximate surface area is 202 Å². The van der Waals surface area contributed by atoms with Gasteiger partial charge < -0.3 is 14.9 Å². The molecular weight excluding hydrogens is 448 g/mol. The zero-order valence-corrected chi connectivity index (χ0v) is 19.4. The molecule has 0 radical (unpaired) electrons. The number of carbonyl (C=O) groups excluding carboxylic acids is 2. The molecule has 0 saturated carbocycles. The van der Waals surface area contributed by atoms with Crippen LogP contribution in [0.15, 0.2) is 60.7 Å². The average Bonchev–Trinajstić information content (AvgIpc) is 3.33. The highest BCUT2D eigenvalue weighted by Crippen LogP contribution is 2.53. The largest absolute Gasteiger partial charge is 0.507 e. The summed E-state index contributed by atoms with van der Waals surface area (Å²) in [6.45, 7) is 1.84. The molecule has 3 aromatic rings. The molecule has 5 rings (SSSR count). The molecule has 0 unspecified atom stereocenters. The Balaban J connectivity index is 1.69. The van der Waals surface area contributed by atoms with E-state index in [1.165, 1.54) is 13.2 Å². The van der Waals surface area contributed by atoms with Crippen LogP contribution in [0.4, 0.5) is 5.69 Å². The number of nitrogens with one attached hydrogen (secondary N) is 1. The van der Waals surface area contributed by atoms with E-state index in [4.69, 9.17) is 4.74 Å². The lowest BCUT2D eigenvalue weighted by Crippen LogP contribution is -2.55. The molecular formula is C27H26N2O6. The molecule has 2 aliphatic rings. The normalized spacial score (nSPS) is 25.8. The average molecular weight is 475 g/mol. The van der Waals surface area contributed by atoms with Crippen molar-refractivity contribution in [3.05, 3.63) is 66.2 Å². The number of hydrogen-bond donors (Lipinski definition) is 3. The second kappa shape index (κ2) is 8.39. The molecule has 2 heterocycles. The molecule has 8 nitrogen and oxygen atoms in total. The van der Waals surface area contributed by atoms with Crippen LogP contribution in [0, 0.1) is 11.8 Å². The molecule has 3 N–H and O–H groups in total. The minimum absolute atomic E-state index is 0.137. The Morgan fingerprint density at radius 2 is 1.83 bits per heavy atom. The van der Waals surface area contributed by atoms with Gasteiger partial charge in [0.05, 0.1) is 24.6 Å². The van der Waals surface area contributed by atoms with Crippen LogP contribution < -0.4 is 15.0 Å². The van der Waals surface area contributed by atoms with Gasteiger partial charge in [-0.2, -0.15) is 0 Å². The first-order valence-corrected chi connectivity index (χ1v) is 11.6. The van der Waals surface area contributed by atoms with Gasteiger partial charge in [-0.1, -0.05) is 55.8 Å². The van der Waals surface area contributed by atoms with Gasteiger partial charge in [-0.15, -0.1) is 0 Å². The molecule has 3 aromatic carbocycles. The van der Waals surface area contributed by atoms with Crippen molar-refractivity contribution in [3.63, 3.8) is 0 Å². The number of phenols is 1. The van der Waals surface area contributed by atoms with Crippen LogP contribution in [-0.2, 0) is 14.4 Å². The van der Waals surface area contributed by atoms with Gasteiger partial charge in [0.2, 0.25) is 11.8 Å². The summed E-state index contributed by atoms with van der Waals surface area (Å²) in [5.41, 5.74) is -0.871. The number of rotatable bonds is 6. The summed E-state index contributed by atoms with van der Waals surface area (Å²) >= 11 is 0. The van der Waals surface area contributed by atoms with Crippen LogP contribution in [0.3, 0.4) is 0 Å². The fourth-order valence-electron chi connectivity index (χ4n) is 5.75. The Morgan fingerprint density at radius 3 is 2.51 bits per heavy atom. The monoisotopic (exact) mass is 474 g/mol. The Morgan fingerprint density at radius 1 is 1.09 bits per heavy atom. The van der Waals surface area contributed by atoms with Gasteiger partial charge in [0.25, 0.3) is 0 Å². The van der Waals surface area contributed by atoms with E-state index in [2.05, 4.69) is 5.32 Å². The third-order valence-corrected chi connectivity index (χ3v) is 7.26. The van der Waals surface area contributed by atoms with Crippen LogP contribution >= 0.6 is 0 Å². The van der Waals surface area contributed by atoms with Gasteiger partial charge in [0, 0.05) is 23.1 Å². The van der Waals surface area contributed by atoms with Gasteiger partial charge in [-0.25, -0.2) is 4.90 Å². The molecule has 0 spiro atoms. The quantitative estimate of drug-likeness (QED) is 0.467. The fourth-order valence-corrected chi connectivity index (χ4v) is 5.75. The number of amides is 2. The molecule has 2 fully saturated rings. The topological polar surface area (TPSA) is 116 Å². The van der Waals surface area contributed by atoms with Crippen LogP contribution in [0.1, 0.15) is 31.4 Å². The van der Waals surface area contributed by atoms with E-state index in [9.17, 15) is 24.6 Å². The SMILES string of the molecule is CCC[C@]1(C(=O)O)N[C@H](c2ccc(OC)cc2O)[C@H]2C(=O)N(c3cccc4ccccc34)C(=O)[C@H]21. The van der Waals surface area contributed by atoms with Gasteiger partial charge >= 0.3 is 5.97 Å². The molecule has 180 valence electrons. The number of anilines is 1. The molecule has 2 amide bonds. The minimum atomic E-state index is -1.65. The third kappa shape index (κ3) is 3.28. The number of carbonyl (C=O) groups is 3. The van der Waals surface area contributed by atoms with Crippen molar-refractivity contribution in [2.45, 2.75) is 31.3 Å². The van der Waals surface area contributed by atoms with Crippen LogP contribution in [0.5, 0.6) is 11.5 Å². The van der Waals surface area contributed by atoms with Crippen LogP contribution in [-0.4, -0.2) is 40.6 Å². The maximum atomic E-state index is 13.9. The number of aromatic hydroxyl groups is 1. The highest BCUT2D eigenvalue weighted by Gasteiger charge is 2.68. The number of aliphatic carboxylic acids is 1. The number of carboxylic acid groups (broad SMARTS) is 1. The molecule has 2 aliphatic heterocycles. The maximum Gasteiger partial charge on any atom is 0.324 e. The van der Waals surface area contributed by atoms with Crippen molar-refractivity contribution >= 4 is 34.2 Å². The van der Waals surface area contributed by atoms with Crippen LogP contribution in [0.2, 0.25) is 0 Å². The third-order valence-electron chi connectivity index (χ3n) is 7.26. The number of imide groups is 1. The standard InChI is InChI=1S/C27H26N2O6/c1-3-13-27(26(33)34)22-21(23(28-27)18-12-11-16(35-2)14-20(18)30)24(31)29(25(22)32)19-10-6-8-15-7-4-5-9-17(15)19/h4-12,14,21-23,28,30H,3,13H2,1-2H3,(H,33,34)/t21-,22-,23+,27-/m0/s1. The van der Waals surface area contributed by atoms with Crippen molar-refractivity contribution in [1.29, 1.82) is 0 Å². The first-order chi connectivity index (χ1) is 16.8. The van der Waals surface area contributed by atoms with Crippen molar-refractivity contribution < 1.29 is 29.3 Å². The van der Waals surface area contributed by atoms with Gasteiger partial charge in [-0.3, -0.25) is 19.7 Å². The number of methoxy groups -OCH3 is 1. The Hall–Kier alpha value is -3.91. The van der Waals surface area contributed by atoms with E-state index < -0.39 is 41.2 Å². The highest BCUT2D eigenvalue weighted by atomic mass is 16.5. The van der Waals surface area contributed by atoms with E-state index in [1.807, 2.05) is 37.3 Å². The summed E-state index contributed by atoms with van der Waals surface area (Å²) in [6, 6.07) is 16.6. The molecule has 0 aromatic heterocycles. The lowest BCUT2D eigenvalue weighted by Gasteiger charge is -2.31. The van der Waals surface area contributed by atoms with Crippen LogP contribution in [0.25, 0.3) is 10.8 Å². The second-order valence-electron chi connectivity index (χ2n) is 9.09. The molecule has 0 aliphatic carbocycles. The predicted molar refractivity (Wildman–Crippen MR) is 129 cm³/mol. The van der Waals surface area contributed by atoms with Gasteiger partial charge in [-0.05, 0) is 23.9 Å². The summed E-state index contributed by atoms with van der Waals surface area (Å²) in [5, 5.41) is 25.8. The van der Waals surface area contributed by atoms with E-state index in [0.717, 1.165) is 15.7 Å². The van der Waals surface area contributed by atoms with E-state index in [1.54, 1.807) is 24.3 Å².